The van der Waals surface area contributed by atoms with Crippen molar-refractivity contribution in [2.24, 2.45) is 11.3 Å². The van der Waals surface area contributed by atoms with E-state index < -0.39 is 17.0 Å². The molecule has 1 aliphatic carbocycles. The highest BCUT2D eigenvalue weighted by molar-refractivity contribution is 5.37. The van der Waals surface area contributed by atoms with Gasteiger partial charge in [-0.05, 0) is 41.9 Å². The van der Waals surface area contributed by atoms with Gasteiger partial charge in [0.25, 0.3) is 0 Å². The van der Waals surface area contributed by atoms with Crippen molar-refractivity contribution in [3.05, 3.63) is 35.4 Å². The van der Waals surface area contributed by atoms with Gasteiger partial charge in [-0.1, -0.05) is 20.8 Å². The van der Waals surface area contributed by atoms with Gasteiger partial charge in [-0.3, -0.25) is 0 Å². The van der Waals surface area contributed by atoms with E-state index in [2.05, 4.69) is 26.8 Å². The van der Waals surface area contributed by atoms with Crippen LogP contribution in [0.25, 0.3) is 0 Å². The summed E-state index contributed by atoms with van der Waals surface area (Å²) in [6.45, 7) is 6.39. The Labute approximate surface area is 106 Å². The topological polar surface area (TPSA) is 23.8 Å². The van der Waals surface area contributed by atoms with Crippen molar-refractivity contribution in [1.29, 1.82) is 5.26 Å². The van der Waals surface area contributed by atoms with Gasteiger partial charge in [0, 0.05) is 6.07 Å². The molecule has 96 valence electrons. The van der Waals surface area contributed by atoms with Crippen LogP contribution in [0.3, 0.4) is 0 Å². The third kappa shape index (κ3) is 2.12. The van der Waals surface area contributed by atoms with Crippen LogP contribution in [-0.2, 0) is 5.41 Å². The Kier molecular flexibility index (Phi) is 2.93. The van der Waals surface area contributed by atoms with E-state index in [1.54, 1.807) is 0 Å². The quantitative estimate of drug-likeness (QED) is 0.732. The molecule has 18 heavy (non-hydrogen) atoms. The first-order chi connectivity index (χ1) is 8.27. The number of rotatable bonds is 1. The van der Waals surface area contributed by atoms with Crippen LogP contribution in [0.15, 0.2) is 18.2 Å². The van der Waals surface area contributed by atoms with Crippen LogP contribution in [0.2, 0.25) is 0 Å². The highest BCUT2D eigenvalue weighted by Crippen LogP contribution is 2.54. The first-order valence-electron chi connectivity index (χ1n) is 6.15. The molecule has 0 aliphatic heterocycles. The van der Waals surface area contributed by atoms with E-state index in [-0.39, 0.29) is 5.41 Å². The molecule has 0 aromatic heterocycles. The first-order valence-corrected chi connectivity index (χ1v) is 6.15. The monoisotopic (exact) mass is 249 g/mol. The SMILES string of the molecule is CC(C)(C)C1CC(C#N)(c2cc(F)cc(F)c2)C1. The van der Waals surface area contributed by atoms with Crippen LogP contribution < -0.4 is 0 Å². The molecule has 1 aliphatic rings. The van der Waals surface area contributed by atoms with E-state index in [1.807, 2.05) is 0 Å². The second-order valence-electron chi connectivity index (χ2n) is 6.32. The van der Waals surface area contributed by atoms with Crippen molar-refractivity contribution in [1.82, 2.24) is 0 Å². The molecule has 1 saturated carbocycles. The number of hydrogen-bond acceptors (Lipinski definition) is 1. The number of benzene rings is 1. The predicted molar refractivity (Wildman–Crippen MR) is 65.8 cm³/mol. The normalized spacial score (nSPS) is 27.4. The summed E-state index contributed by atoms with van der Waals surface area (Å²) < 4.78 is 26.5. The Morgan fingerprint density at radius 2 is 1.67 bits per heavy atom. The van der Waals surface area contributed by atoms with Crippen LogP contribution in [0, 0.1) is 34.3 Å². The smallest absolute Gasteiger partial charge is 0.126 e. The van der Waals surface area contributed by atoms with Crippen molar-refractivity contribution < 1.29 is 8.78 Å². The number of nitrogens with zero attached hydrogens (tertiary/aromatic N) is 1. The van der Waals surface area contributed by atoms with Crippen LogP contribution in [0.5, 0.6) is 0 Å². The van der Waals surface area contributed by atoms with Gasteiger partial charge in [0.05, 0.1) is 11.5 Å². The van der Waals surface area contributed by atoms with Crippen LogP contribution in [0.1, 0.15) is 39.2 Å². The molecular formula is C15H17F2N. The van der Waals surface area contributed by atoms with Crippen molar-refractivity contribution >= 4 is 0 Å². The van der Waals surface area contributed by atoms with E-state index in [0.29, 0.717) is 24.3 Å². The van der Waals surface area contributed by atoms with Crippen molar-refractivity contribution in [2.75, 3.05) is 0 Å². The van der Waals surface area contributed by atoms with Gasteiger partial charge in [0.2, 0.25) is 0 Å². The molecule has 0 radical (unpaired) electrons. The zero-order valence-corrected chi connectivity index (χ0v) is 10.9. The molecule has 0 saturated heterocycles. The molecule has 0 N–H and O–H groups in total. The lowest BCUT2D eigenvalue weighted by Crippen LogP contribution is -2.45. The molecule has 0 spiro atoms. The van der Waals surface area contributed by atoms with Gasteiger partial charge in [-0.15, -0.1) is 0 Å². The Hall–Kier alpha value is -1.43. The lowest BCUT2D eigenvalue weighted by Gasteiger charge is -2.49. The number of hydrogen-bond donors (Lipinski definition) is 0. The number of nitriles is 1. The molecule has 0 atom stereocenters. The summed E-state index contributed by atoms with van der Waals surface area (Å²) in [7, 11) is 0. The minimum absolute atomic E-state index is 0.131. The van der Waals surface area contributed by atoms with E-state index in [0.717, 1.165) is 6.07 Å². The average Bonchev–Trinajstić information content (AvgIpc) is 2.12. The molecule has 1 aromatic carbocycles. The summed E-state index contributed by atoms with van der Waals surface area (Å²) in [5.41, 5.74) is -0.101. The van der Waals surface area contributed by atoms with Crippen LogP contribution in [-0.4, -0.2) is 0 Å². The summed E-state index contributed by atoms with van der Waals surface area (Å²) >= 11 is 0. The molecular weight excluding hydrogens is 232 g/mol. The molecule has 0 heterocycles. The highest BCUT2D eigenvalue weighted by Gasteiger charge is 2.50. The largest absolute Gasteiger partial charge is 0.207 e. The van der Waals surface area contributed by atoms with Gasteiger partial charge in [-0.25, -0.2) is 8.78 Å². The van der Waals surface area contributed by atoms with Gasteiger partial charge in [0.15, 0.2) is 0 Å². The maximum Gasteiger partial charge on any atom is 0.126 e. The molecule has 0 unspecified atom stereocenters. The van der Waals surface area contributed by atoms with Crippen molar-refractivity contribution in [3.8, 4) is 6.07 Å². The summed E-state index contributed by atoms with van der Waals surface area (Å²) in [6.07, 6.45) is 1.35. The molecule has 1 nitrogen and oxygen atoms in total. The van der Waals surface area contributed by atoms with E-state index in [4.69, 9.17) is 0 Å². The first kappa shape index (κ1) is 13.0. The van der Waals surface area contributed by atoms with Crippen LogP contribution >= 0.6 is 0 Å². The second-order valence-corrected chi connectivity index (χ2v) is 6.32. The molecule has 0 bridgehead atoms. The lowest BCUT2D eigenvalue weighted by atomic mass is 9.53. The van der Waals surface area contributed by atoms with Gasteiger partial charge >= 0.3 is 0 Å². The zero-order valence-electron chi connectivity index (χ0n) is 10.9. The van der Waals surface area contributed by atoms with E-state index in [9.17, 15) is 14.0 Å². The molecule has 1 aromatic rings. The summed E-state index contributed by atoms with van der Waals surface area (Å²) in [4.78, 5) is 0. The fourth-order valence-electron chi connectivity index (χ4n) is 2.62. The third-order valence-electron chi connectivity index (χ3n) is 4.04. The predicted octanol–water partition coefficient (Wildman–Crippen LogP) is 4.18. The van der Waals surface area contributed by atoms with Gasteiger partial charge < -0.3 is 0 Å². The van der Waals surface area contributed by atoms with Gasteiger partial charge in [-0.2, -0.15) is 5.26 Å². The fraction of sp³-hybridized carbons (Fsp3) is 0.533. The van der Waals surface area contributed by atoms with Gasteiger partial charge in [0.1, 0.15) is 11.6 Å². The van der Waals surface area contributed by atoms with Crippen molar-refractivity contribution in [3.63, 3.8) is 0 Å². The minimum atomic E-state index is -0.707. The second kappa shape index (κ2) is 4.05. The third-order valence-corrected chi connectivity index (χ3v) is 4.04. The van der Waals surface area contributed by atoms with Crippen molar-refractivity contribution in [2.45, 2.75) is 39.0 Å². The van der Waals surface area contributed by atoms with E-state index >= 15 is 0 Å². The summed E-state index contributed by atoms with van der Waals surface area (Å²) in [6, 6.07) is 5.66. The lowest BCUT2D eigenvalue weighted by molar-refractivity contribution is 0.0779. The average molecular weight is 249 g/mol. The minimum Gasteiger partial charge on any atom is -0.207 e. The maximum absolute atomic E-state index is 13.2. The molecule has 0 amide bonds. The molecule has 3 heteroatoms. The fourth-order valence-corrected chi connectivity index (χ4v) is 2.62. The Morgan fingerprint density at radius 3 is 2.06 bits per heavy atom. The standard InChI is InChI=1S/C15H17F2N/c1-14(2,3)11-7-15(8-11,9-18)10-4-12(16)6-13(17)5-10/h4-6,11H,7-8H2,1-3H3. The van der Waals surface area contributed by atoms with Crippen LogP contribution in [0.4, 0.5) is 8.78 Å². The number of halogens is 2. The Morgan fingerprint density at radius 1 is 1.17 bits per heavy atom. The summed E-state index contributed by atoms with van der Waals surface area (Å²) in [5.74, 6) is -0.804. The molecule has 2 rings (SSSR count). The zero-order chi connectivity index (χ0) is 13.6. The summed E-state index contributed by atoms with van der Waals surface area (Å²) in [5, 5.41) is 9.36. The molecule has 1 fully saturated rings. The maximum atomic E-state index is 13.2. The Balaban J connectivity index is 2.30. The van der Waals surface area contributed by atoms with E-state index in [1.165, 1.54) is 12.1 Å². The highest BCUT2D eigenvalue weighted by atomic mass is 19.1. The Bertz CT molecular complexity index is 482.